The largest absolute Gasteiger partial charge is 0.354 e. The molecule has 0 bridgehead atoms. The summed E-state index contributed by atoms with van der Waals surface area (Å²) in [6, 6.07) is 0. The van der Waals surface area contributed by atoms with Gasteiger partial charge in [0, 0.05) is 19.8 Å². The number of carbonyl (C=O) groups is 1. The van der Waals surface area contributed by atoms with E-state index in [9.17, 15) is 4.79 Å². The van der Waals surface area contributed by atoms with Crippen LogP contribution < -0.4 is 11.1 Å². The van der Waals surface area contributed by atoms with E-state index in [0.717, 1.165) is 12.0 Å². The number of aryl methyl sites for hydroxylation is 1. The molecule has 1 amide bonds. The normalized spacial score (nSPS) is 11.5. The van der Waals surface area contributed by atoms with Gasteiger partial charge in [0.1, 0.15) is 0 Å². The fourth-order valence-corrected chi connectivity index (χ4v) is 1.15. The van der Waals surface area contributed by atoms with E-state index < -0.39 is 5.54 Å². The Morgan fingerprint density at radius 1 is 1.67 bits per heavy atom. The van der Waals surface area contributed by atoms with E-state index >= 15 is 0 Å². The molecule has 1 heterocycles. The molecule has 0 saturated heterocycles. The van der Waals surface area contributed by atoms with Crippen LogP contribution >= 0.6 is 0 Å². The molecule has 5 heteroatoms. The molecule has 0 unspecified atom stereocenters. The number of rotatable bonds is 4. The van der Waals surface area contributed by atoms with Gasteiger partial charge in [0.25, 0.3) is 0 Å². The molecule has 0 aliphatic rings. The minimum Gasteiger partial charge on any atom is -0.354 e. The van der Waals surface area contributed by atoms with Crippen molar-refractivity contribution in [3.8, 4) is 0 Å². The highest BCUT2D eigenvalue weighted by Crippen LogP contribution is 1.98. The molecule has 0 radical (unpaired) electrons. The Balaban J connectivity index is 2.31. The van der Waals surface area contributed by atoms with Crippen molar-refractivity contribution in [1.29, 1.82) is 0 Å². The van der Waals surface area contributed by atoms with Gasteiger partial charge in [0.2, 0.25) is 5.91 Å². The maximum atomic E-state index is 11.4. The SMILES string of the molecule is Cn1cc(CCNC(=O)C(C)(C)N)cn1. The van der Waals surface area contributed by atoms with Crippen molar-refractivity contribution in [3.63, 3.8) is 0 Å². The zero-order chi connectivity index (χ0) is 11.5. The van der Waals surface area contributed by atoms with Gasteiger partial charge in [-0.25, -0.2) is 0 Å². The number of carbonyl (C=O) groups excluding carboxylic acids is 1. The monoisotopic (exact) mass is 210 g/mol. The maximum absolute atomic E-state index is 11.4. The third-order valence-electron chi connectivity index (χ3n) is 2.04. The summed E-state index contributed by atoms with van der Waals surface area (Å²) >= 11 is 0. The number of aromatic nitrogens is 2. The molecular weight excluding hydrogens is 192 g/mol. The van der Waals surface area contributed by atoms with Crippen LogP contribution in [-0.4, -0.2) is 27.8 Å². The van der Waals surface area contributed by atoms with Gasteiger partial charge in [-0.15, -0.1) is 0 Å². The van der Waals surface area contributed by atoms with Gasteiger partial charge in [0.15, 0.2) is 0 Å². The zero-order valence-electron chi connectivity index (χ0n) is 9.45. The van der Waals surface area contributed by atoms with Gasteiger partial charge in [-0.05, 0) is 25.8 Å². The molecule has 0 saturated carbocycles. The third-order valence-corrected chi connectivity index (χ3v) is 2.04. The quantitative estimate of drug-likeness (QED) is 0.724. The molecule has 0 spiro atoms. The van der Waals surface area contributed by atoms with E-state index in [0.29, 0.717) is 6.54 Å². The van der Waals surface area contributed by atoms with Crippen molar-refractivity contribution < 1.29 is 4.79 Å². The second-order valence-corrected chi connectivity index (χ2v) is 4.25. The number of nitrogens with zero attached hydrogens (tertiary/aromatic N) is 2. The maximum Gasteiger partial charge on any atom is 0.239 e. The van der Waals surface area contributed by atoms with Crippen LogP contribution in [0.4, 0.5) is 0 Å². The molecule has 15 heavy (non-hydrogen) atoms. The van der Waals surface area contributed by atoms with E-state index in [1.807, 2.05) is 13.2 Å². The summed E-state index contributed by atoms with van der Waals surface area (Å²) in [5, 5.41) is 6.82. The Hall–Kier alpha value is -1.36. The third kappa shape index (κ3) is 3.71. The van der Waals surface area contributed by atoms with Crippen LogP contribution in [0.3, 0.4) is 0 Å². The van der Waals surface area contributed by atoms with Crippen molar-refractivity contribution in [2.24, 2.45) is 12.8 Å². The van der Waals surface area contributed by atoms with Crippen LogP contribution in [0.15, 0.2) is 12.4 Å². The standard InChI is InChI=1S/C10H18N4O/c1-10(2,11)9(15)12-5-4-8-6-13-14(3)7-8/h6-7H,4-5,11H2,1-3H3,(H,12,15). The van der Waals surface area contributed by atoms with Crippen LogP contribution in [-0.2, 0) is 18.3 Å². The second-order valence-electron chi connectivity index (χ2n) is 4.25. The van der Waals surface area contributed by atoms with E-state index in [1.54, 1.807) is 24.7 Å². The van der Waals surface area contributed by atoms with Crippen LogP contribution in [0.5, 0.6) is 0 Å². The number of amides is 1. The lowest BCUT2D eigenvalue weighted by molar-refractivity contribution is -0.125. The molecule has 5 nitrogen and oxygen atoms in total. The molecular formula is C10H18N4O. The number of hydrogen-bond donors (Lipinski definition) is 2. The molecule has 0 aliphatic carbocycles. The first-order valence-electron chi connectivity index (χ1n) is 4.94. The topological polar surface area (TPSA) is 72.9 Å². The highest BCUT2D eigenvalue weighted by molar-refractivity contribution is 5.84. The first-order chi connectivity index (χ1) is 6.89. The highest BCUT2D eigenvalue weighted by Gasteiger charge is 2.20. The molecule has 1 aromatic rings. The highest BCUT2D eigenvalue weighted by atomic mass is 16.2. The van der Waals surface area contributed by atoms with Gasteiger partial charge in [-0.2, -0.15) is 5.10 Å². The lowest BCUT2D eigenvalue weighted by atomic mass is 10.1. The lowest BCUT2D eigenvalue weighted by Crippen LogP contribution is -2.49. The smallest absolute Gasteiger partial charge is 0.239 e. The molecule has 1 rings (SSSR count). The fraction of sp³-hybridized carbons (Fsp3) is 0.600. The first-order valence-corrected chi connectivity index (χ1v) is 4.94. The van der Waals surface area contributed by atoms with Gasteiger partial charge < -0.3 is 11.1 Å². The van der Waals surface area contributed by atoms with E-state index in [2.05, 4.69) is 10.4 Å². The molecule has 0 aromatic carbocycles. The molecule has 84 valence electrons. The second kappa shape index (κ2) is 4.44. The van der Waals surface area contributed by atoms with Gasteiger partial charge in [0.05, 0.1) is 11.7 Å². The minimum atomic E-state index is -0.811. The Kier molecular flexibility index (Phi) is 3.47. The van der Waals surface area contributed by atoms with Gasteiger partial charge in [-0.1, -0.05) is 0 Å². The molecule has 1 aromatic heterocycles. The predicted octanol–water partition coefficient (Wildman–Crippen LogP) is -0.184. The summed E-state index contributed by atoms with van der Waals surface area (Å²) in [4.78, 5) is 11.4. The summed E-state index contributed by atoms with van der Waals surface area (Å²) < 4.78 is 1.74. The number of hydrogen-bond acceptors (Lipinski definition) is 3. The lowest BCUT2D eigenvalue weighted by Gasteiger charge is -2.17. The van der Waals surface area contributed by atoms with Crippen molar-refractivity contribution in [1.82, 2.24) is 15.1 Å². The Morgan fingerprint density at radius 2 is 2.33 bits per heavy atom. The van der Waals surface area contributed by atoms with Crippen molar-refractivity contribution in [2.45, 2.75) is 25.8 Å². The summed E-state index contributed by atoms with van der Waals surface area (Å²) in [6.45, 7) is 3.96. The van der Waals surface area contributed by atoms with Crippen molar-refractivity contribution in [2.75, 3.05) is 6.54 Å². The summed E-state index contributed by atoms with van der Waals surface area (Å²) in [5.41, 5.74) is 5.93. The Morgan fingerprint density at radius 3 is 2.80 bits per heavy atom. The molecule has 0 atom stereocenters. The fourth-order valence-electron chi connectivity index (χ4n) is 1.15. The van der Waals surface area contributed by atoms with E-state index in [-0.39, 0.29) is 5.91 Å². The predicted molar refractivity (Wildman–Crippen MR) is 58.2 cm³/mol. The van der Waals surface area contributed by atoms with Gasteiger partial charge >= 0.3 is 0 Å². The van der Waals surface area contributed by atoms with Crippen molar-refractivity contribution >= 4 is 5.91 Å². The molecule has 0 fully saturated rings. The van der Waals surface area contributed by atoms with Crippen molar-refractivity contribution in [3.05, 3.63) is 18.0 Å². The summed E-state index contributed by atoms with van der Waals surface area (Å²) in [5.74, 6) is -0.133. The van der Waals surface area contributed by atoms with Crippen LogP contribution in [0.25, 0.3) is 0 Å². The Bertz CT molecular complexity index is 337. The zero-order valence-corrected chi connectivity index (χ0v) is 9.45. The van der Waals surface area contributed by atoms with Crippen LogP contribution in [0.1, 0.15) is 19.4 Å². The van der Waals surface area contributed by atoms with E-state index in [1.165, 1.54) is 0 Å². The average molecular weight is 210 g/mol. The first kappa shape index (κ1) is 11.7. The van der Waals surface area contributed by atoms with Gasteiger partial charge in [-0.3, -0.25) is 9.48 Å². The van der Waals surface area contributed by atoms with E-state index in [4.69, 9.17) is 5.73 Å². The average Bonchev–Trinajstić information content (AvgIpc) is 2.49. The molecule has 0 aliphatic heterocycles. The van der Waals surface area contributed by atoms with Crippen LogP contribution in [0.2, 0.25) is 0 Å². The summed E-state index contributed by atoms with van der Waals surface area (Å²) in [6.07, 6.45) is 4.50. The minimum absolute atomic E-state index is 0.133. The molecule has 3 N–H and O–H groups in total. The number of nitrogens with two attached hydrogens (primary N) is 1. The summed E-state index contributed by atoms with van der Waals surface area (Å²) in [7, 11) is 1.87. The van der Waals surface area contributed by atoms with Crippen LogP contribution in [0, 0.1) is 0 Å². The number of nitrogens with one attached hydrogen (secondary N) is 1. The Labute approximate surface area is 89.6 Å².